The Morgan fingerprint density at radius 1 is 1.30 bits per heavy atom. The zero-order valence-corrected chi connectivity index (χ0v) is 12.4. The van der Waals surface area contributed by atoms with Crippen LogP contribution in [0, 0.1) is 0 Å². The maximum absolute atomic E-state index is 6.15. The quantitative estimate of drug-likeness (QED) is 0.771. The molecule has 4 heteroatoms. The summed E-state index contributed by atoms with van der Waals surface area (Å²) in [6.45, 7) is 2.98. The smallest absolute Gasteiger partial charge is 0.114 e. The molecule has 0 bridgehead atoms. The molecular formula is C16H19N3S. The highest BCUT2D eigenvalue weighted by Crippen LogP contribution is 2.23. The second-order valence-electron chi connectivity index (χ2n) is 5.09. The molecule has 0 amide bonds. The van der Waals surface area contributed by atoms with Gasteiger partial charge in [-0.3, -0.25) is 0 Å². The van der Waals surface area contributed by atoms with Crippen LogP contribution in [0.3, 0.4) is 0 Å². The summed E-state index contributed by atoms with van der Waals surface area (Å²) in [6.07, 6.45) is 6.39. The van der Waals surface area contributed by atoms with Crippen molar-refractivity contribution in [3.63, 3.8) is 0 Å². The fourth-order valence-corrected chi connectivity index (χ4v) is 3.37. The van der Waals surface area contributed by atoms with E-state index in [0.29, 0.717) is 0 Å². The number of rotatable bonds is 5. The van der Waals surface area contributed by atoms with Gasteiger partial charge in [0.2, 0.25) is 0 Å². The summed E-state index contributed by atoms with van der Waals surface area (Å²) in [7, 11) is 0. The lowest BCUT2D eigenvalue weighted by molar-refractivity contribution is 0.636. The molecule has 20 heavy (non-hydrogen) atoms. The molecule has 0 saturated carbocycles. The molecule has 1 aromatic carbocycles. The monoisotopic (exact) mass is 285 g/mol. The lowest BCUT2D eigenvalue weighted by Crippen LogP contribution is -2.08. The first-order chi connectivity index (χ1) is 9.76. The molecule has 0 aliphatic rings. The molecule has 3 nitrogen and oxygen atoms in total. The first-order valence-corrected chi connectivity index (χ1v) is 7.83. The van der Waals surface area contributed by atoms with Crippen LogP contribution in [0.25, 0.3) is 10.2 Å². The molecule has 0 radical (unpaired) electrons. The van der Waals surface area contributed by atoms with Crippen molar-refractivity contribution in [1.82, 2.24) is 9.55 Å². The second kappa shape index (κ2) is 5.77. The molecule has 0 aliphatic carbocycles. The minimum absolute atomic E-state index is 0.150. The van der Waals surface area contributed by atoms with Crippen molar-refractivity contribution in [3.05, 3.63) is 53.3 Å². The summed E-state index contributed by atoms with van der Waals surface area (Å²) in [5, 5.41) is 1.14. The van der Waals surface area contributed by atoms with E-state index in [1.54, 1.807) is 11.3 Å². The van der Waals surface area contributed by atoms with Gasteiger partial charge in [-0.1, -0.05) is 25.5 Å². The van der Waals surface area contributed by atoms with Gasteiger partial charge in [-0.05, 0) is 30.2 Å². The number of para-hydroxylation sites is 1. The van der Waals surface area contributed by atoms with E-state index in [1.165, 1.54) is 10.3 Å². The van der Waals surface area contributed by atoms with Gasteiger partial charge in [-0.2, -0.15) is 0 Å². The highest BCUT2D eigenvalue weighted by molar-refractivity contribution is 7.18. The van der Waals surface area contributed by atoms with E-state index < -0.39 is 0 Å². The molecular weight excluding hydrogens is 266 g/mol. The fraction of sp³-hybridized carbons (Fsp3) is 0.312. The zero-order chi connectivity index (χ0) is 13.9. The van der Waals surface area contributed by atoms with Gasteiger partial charge in [0.15, 0.2) is 0 Å². The molecule has 1 unspecified atom stereocenters. The molecule has 0 fully saturated rings. The SMILES string of the molecule is CCCC(N)c1ccn(Cc2nc3ccccc3s2)c1. The molecule has 104 valence electrons. The number of aromatic nitrogens is 2. The summed E-state index contributed by atoms with van der Waals surface area (Å²) in [4.78, 5) is 4.66. The number of benzene rings is 1. The lowest BCUT2D eigenvalue weighted by atomic mass is 10.1. The van der Waals surface area contributed by atoms with Crippen LogP contribution in [0.2, 0.25) is 0 Å². The molecule has 3 rings (SSSR count). The molecule has 2 aromatic heterocycles. The van der Waals surface area contributed by atoms with Crippen LogP contribution < -0.4 is 5.73 Å². The van der Waals surface area contributed by atoms with Crippen molar-refractivity contribution < 1.29 is 0 Å². The third-order valence-corrected chi connectivity index (χ3v) is 4.48. The average Bonchev–Trinajstić information content (AvgIpc) is 3.05. The molecule has 0 spiro atoms. The first kappa shape index (κ1) is 13.3. The Morgan fingerprint density at radius 3 is 2.95 bits per heavy atom. The predicted octanol–water partition coefficient (Wildman–Crippen LogP) is 3.95. The molecule has 2 heterocycles. The minimum atomic E-state index is 0.150. The summed E-state index contributed by atoms with van der Waals surface area (Å²) in [5.74, 6) is 0. The van der Waals surface area contributed by atoms with Gasteiger partial charge >= 0.3 is 0 Å². The summed E-state index contributed by atoms with van der Waals surface area (Å²) < 4.78 is 3.42. The van der Waals surface area contributed by atoms with Crippen molar-refractivity contribution in [2.45, 2.75) is 32.4 Å². The zero-order valence-electron chi connectivity index (χ0n) is 11.6. The van der Waals surface area contributed by atoms with Gasteiger partial charge < -0.3 is 10.3 Å². The van der Waals surface area contributed by atoms with Gasteiger partial charge in [0, 0.05) is 18.4 Å². The first-order valence-electron chi connectivity index (χ1n) is 7.02. The van der Waals surface area contributed by atoms with E-state index in [0.717, 1.165) is 29.9 Å². The Labute approximate surface area is 123 Å². The Hall–Kier alpha value is -1.65. The summed E-state index contributed by atoms with van der Waals surface area (Å²) >= 11 is 1.76. The van der Waals surface area contributed by atoms with Crippen molar-refractivity contribution in [2.75, 3.05) is 0 Å². The third kappa shape index (κ3) is 2.76. The van der Waals surface area contributed by atoms with Crippen molar-refractivity contribution in [2.24, 2.45) is 5.73 Å². The number of hydrogen-bond donors (Lipinski definition) is 1. The van der Waals surface area contributed by atoms with Crippen LogP contribution in [0.1, 0.15) is 36.4 Å². The number of fused-ring (bicyclic) bond motifs is 1. The lowest BCUT2D eigenvalue weighted by Gasteiger charge is -2.07. The van der Waals surface area contributed by atoms with Gasteiger partial charge in [-0.25, -0.2) is 4.98 Å². The van der Waals surface area contributed by atoms with E-state index in [2.05, 4.69) is 53.1 Å². The van der Waals surface area contributed by atoms with Crippen LogP contribution in [0.5, 0.6) is 0 Å². The number of hydrogen-bond acceptors (Lipinski definition) is 3. The van der Waals surface area contributed by atoms with E-state index in [1.807, 2.05) is 6.07 Å². The topological polar surface area (TPSA) is 43.8 Å². The molecule has 3 aromatic rings. The molecule has 0 saturated heterocycles. The van der Waals surface area contributed by atoms with E-state index in [-0.39, 0.29) is 6.04 Å². The Morgan fingerprint density at radius 2 is 2.15 bits per heavy atom. The van der Waals surface area contributed by atoms with Gasteiger partial charge in [0.25, 0.3) is 0 Å². The Bertz CT molecular complexity index is 665. The number of thiazole rings is 1. The van der Waals surface area contributed by atoms with Crippen LogP contribution in [0.15, 0.2) is 42.7 Å². The van der Waals surface area contributed by atoms with Crippen LogP contribution in [0.4, 0.5) is 0 Å². The Balaban J connectivity index is 1.77. The van der Waals surface area contributed by atoms with E-state index >= 15 is 0 Å². The highest BCUT2D eigenvalue weighted by atomic mass is 32.1. The fourth-order valence-electron chi connectivity index (χ4n) is 2.40. The standard InChI is InChI=1S/C16H19N3S/c1-2-5-13(17)12-8-9-19(10-12)11-16-18-14-6-3-4-7-15(14)20-16/h3-4,6-10,13H,2,5,11,17H2,1H3. The van der Waals surface area contributed by atoms with Crippen molar-refractivity contribution >= 4 is 21.6 Å². The average molecular weight is 285 g/mol. The molecule has 0 aliphatic heterocycles. The summed E-state index contributed by atoms with van der Waals surface area (Å²) in [5.41, 5.74) is 8.45. The highest BCUT2D eigenvalue weighted by Gasteiger charge is 2.08. The largest absolute Gasteiger partial charge is 0.347 e. The van der Waals surface area contributed by atoms with E-state index in [4.69, 9.17) is 5.73 Å². The van der Waals surface area contributed by atoms with Gasteiger partial charge in [-0.15, -0.1) is 11.3 Å². The second-order valence-corrected chi connectivity index (χ2v) is 6.20. The van der Waals surface area contributed by atoms with Gasteiger partial charge in [0.05, 0.1) is 16.8 Å². The Kier molecular flexibility index (Phi) is 3.85. The van der Waals surface area contributed by atoms with Crippen molar-refractivity contribution in [3.8, 4) is 0 Å². The number of nitrogens with zero attached hydrogens (tertiary/aromatic N) is 2. The third-order valence-electron chi connectivity index (χ3n) is 3.46. The molecule has 2 N–H and O–H groups in total. The maximum atomic E-state index is 6.15. The predicted molar refractivity (Wildman–Crippen MR) is 85.0 cm³/mol. The summed E-state index contributed by atoms with van der Waals surface area (Å²) in [6, 6.07) is 10.5. The number of nitrogens with two attached hydrogens (primary N) is 1. The van der Waals surface area contributed by atoms with Gasteiger partial charge in [0.1, 0.15) is 5.01 Å². The van der Waals surface area contributed by atoms with Crippen LogP contribution >= 0.6 is 11.3 Å². The normalized spacial score (nSPS) is 12.9. The van der Waals surface area contributed by atoms with E-state index in [9.17, 15) is 0 Å². The van der Waals surface area contributed by atoms with Crippen LogP contribution in [-0.4, -0.2) is 9.55 Å². The van der Waals surface area contributed by atoms with Crippen molar-refractivity contribution in [1.29, 1.82) is 0 Å². The molecule has 1 atom stereocenters. The minimum Gasteiger partial charge on any atom is -0.347 e. The maximum Gasteiger partial charge on any atom is 0.114 e. The van der Waals surface area contributed by atoms with Crippen LogP contribution in [-0.2, 0) is 6.54 Å².